The fourth-order valence-corrected chi connectivity index (χ4v) is 3.94. The Balaban J connectivity index is 1.97. The molecule has 2 heteroatoms. The van der Waals surface area contributed by atoms with Gasteiger partial charge in [0.15, 0.2) is 0 Å². The summed E-state index contributed by atoms with van der Waals surface area (Å²) < 4.78 is 13.6. The van der Waals surface area contributed by atoms with Crippen LogP contribution in [0, 0.1) is 17.8 Å². The van der Waals surface area contributed by atoms with E-state index in [0.717, 1.165) is 25.7 Å². The molecule has 4 aliphatic rings. The summed E-state index contributed by atoms with van der Waals surface area (Å²) in [6.07, 6.45) is 3.90. The highest BCUT2D eigenvalue weighted by atomic mass is 19.1. The Bertz CT molecular complexity index is 202. The second-order valence-corrected chi connectivity index (χ2v) is 5.11. The predicted molar refractivity (Wildman–Crippen MR) is 43.4 cm³/mol. The van der Waals surface area contributed by atoms with Gasteiger partial charge in [0.2, 0.25) is 0 Å². The van der Waals surface area contributed by atoms with Gasteiger partial charge in [0.1, 0.15) is 6.17 Å². The first-order valence-electron chi connectivity index (χ1n) is 5.04. The van der Waals surface area contributed by atoms with Crippen LogP contribution in [0.1, 0.15) is 32.1 Å². The molecule has 1 nitrogen and oxygen atoms in total. The van der Waals surface area contributed by atoms with Crippen LogP contribution in [0.3, 0.4) is 0 Å². The minimum absolute atomic E-state index is 0.196. The molecule has 0 saturated heterocycles. The summed E-state index contributed by atoms with van der Waals surface area (Å²) in [6, 6.07) is 0. The van der Waals surface area contributed by atoms with E-state index in [9.17, 15) is 9.50 Å². The number of aliphatic hydroxyl groups is 1. The summed E-state index contributed by atoms with van der Waals surface area (Å²) in [6.45, 7) is 0. The lowest BCUT2D eigenvalue weighted by atomic mass is 9.53. The molecule has 0 spiro atoms. The lowest BCUT2D eigenvalue weighted by Crippen LogP contribution is -2.58. The Kier molecular flexibility index (Phi) is 1.24. The molecule has 0 amide bonds. The molecule has 4 saturated carbocycles. The second-order valence-electron chi connectivity index (χ2n) is 5.11. The van der Waals surface area contributed by atoms with Gasteiger partial charge < -0.3 is 5.11 Å². The lowest BCUT2D eigenvalue weighted by molar-refractivity contribution is -0.177. The molecular weight excluding hydrogens is 155 g/mol. The van der Waals surface area contributed by atoms with Gasteiger partial charge in [0, 0.05) is 0 Å². The normalized spacial score (nSPS) is 62.5. The monoisotopic (exact) mass is 170 g/mol. The number of alkyl halides is 1. The van der Waals surface area contributed by atoms with Crippen molar-refractivity contribution in [3.63, 3.8) is 0 Å². The molecule has 0 aromatic heterocycles. The number of halogens is 1. The summed E-state index contributed by atoms with van der Waals surface area (Å²) in [5.41, 5.74) is -0.908. The molecule has 0 aliphatic heterocycles. The SMILES string of the molecule is OC12CC3CC(CC(C3)C1F)C2. The quantitative estimate of drug-likeness (QED) is 0.588. The predicted octanol–water partition coefficient (Wildman–Crippen LogP) is 1.90. The average Bonchev–Trinajstić information content (AvgIpc) is 1.98. The van der Waals surface area contributed by atoms with Crippen LogP contribution in [0.5, 0.6) is 0 Å². The highest BCUT2D eigenvalue weighted by Gasteiger charge is 2.56. The van der Waals surface area contributed by atoms with Crippen LogP contribution in [-0.4, -0.2) is 16.9 Å². The maximum Gasteiger partial charge on any atom is 0.131 e. The van der Waals surface area contributed by atoms with Crippen molar-refractivity contribution in [1.29, 1.82) is 0 Å². The van der Waals surface area contributed by atoms with Crippen LogP contribution >= 0.6 is 0 Å². The Hall–Kier alpha value is -0.110. The lowest BCUT2D eigenvalue weighted by Gasteiger charge is -2.56. The van der Waals surface area contributed by atoms with E-state index in [0.29, 0.717) is 11.8 Å². The molecule has 4 bridgehead atoms. The Morgan fingerprint density at radius 1 is 1.08 bits per heavy atom. The first-order chi connectivity index (χ1) is 5.67. The molecule has 0 radical (unpaired) electrons. The van der Waals surface area contributed by atoms with Crippen molar-refractivity contribution in [2.75, 3.05) is 0 Å². The molecule has 12 heavy (non-hydrogen) atoms. The van der Waals surface area contributed by atoms with Crippen molar-refractivity contribution >= 4 is 0 Å². The van der Waals surface area contributed by atoms with Crippen molar-refractivity contribution in [3.05, 3.63) is 0 Å². The van der Waals surface area contributed by atoms with Gasteiger partial charge in [-0.05, 0) is 49.9 Å². The van der Waals surface area contributed by atoms with Crippen LogP contribution in [-0.2, 0) is 0 Å². The van der Waals surface area contributed by atoms with Gasteiger partial charge in [-0.3, -0.25) is 0 Å². The van der Waals surface area contributed by atoms with E-state index in [4.69, 9.17) is 0 Å². The van der Waals surface area contributed by atoms with E-state index < -0.39 is 11.8 Å². The zero-order chi connectivity index (χ0) is 8.34. The molecule has 3 atom stereocenters. The third-order valence-corrected chi connectivity index (χ3v) is 4.15. The highest BCUT2D eigenvalue weighted by Crippen LogP contribution is 2.56. The summed E-state index contributed by atoms with van der Waals surface area (Å²) in [5, 5.41) is 10.00. The van der Waals surface area contributed by atoms with Crippen LogP contribution in [0.15, 0.2) is 0 Å². The number of hydrogen-bond acceptors (Lipinski definition) is 1. The first-order valence-corrected chi connectivity index (χ1v) is 5.04. The van der Waals surface area contributed by atoms with Crippen LogP contribution in [0.25, 0.3) is 0 Å². The molecule has 4 rings (SSSR count). The molecule has 3 unspecified atom stereocenters. The largest absolute Gasteiger partial charge is 0.387 e. The molecule has 0 aromatic carbocycles. The number of rotatable bonds is 0. The summed E-state index contributed by atoms with van der Waals surface area (Å²) in [7, 11) is 0. The third-order valence-electron chi connectivity index (χ3n) is 4.15. The summed E-state index contributed by atoms with van der Waals surface area (Å²) in [4.78, 5) is 0. The zero-order valence-corrected chi connectivity index (χ0v) is 7.17. The minimum atomic E-state index is -0.912. The molecule has 4 fully saturated rings. The zero-order valence-electron chi connectivity index (χ0n) is 7.17. The maximum absolute atomic E-state index is 13.6. The van der Waals surface area contributed by atoms with Gasteiger partial charge >= 0.3 is 0 Å². The summed E-state index contributed by atoms with van der Waals surface area (Å²) in [5.74, 6) is 1.47. The van der Waals surface area contributed by atoms with Crippen LogP contribution in [0.4, 0.5) is 4.39 Å². The van der Waals surface area contributed by atoms with E-state index in [1.165, 1.54) is 6.42 Å². The minimum Gasteiger partial charge on any atom is -0.387 e. The average molecular weight is 170 g/mol. The van der Waals surface area contributed by atoms with Crippen molar-refractivity contribution in [2.24, 2.45) is 17.8 Å². The molecular formula is C10H15FO. The molecule has 68 valence electrons. The summed E-state index contributed by atoms with van der Waals surface area (Å²) >= 11 is 0. The topological polar surface area (TPSA) is 20.2 Å². The van der Waals surface area contributed by atoms with E-state index >= 15 is 0 Å². The fourth-order valence-electron chi connectivity index (χ4n) is 3.94. The van der Waals surface area contributed by atoms with Gasteiger partial charge in [-0.25, -0.2) is 4.39 Å². The van der Waals surface area contributed by atoms with Crippen molar-refractivity contribution < 1.29 is 9.50 Å². The van der Waals surface area contributed by atoms with Crippen LogP contribution in [0.2, 0.25) is 0 Å². The molecule has 0 aromatic rings. The molecule has 4 aliphatic carbocycles. The fraction of sp³-hybridized carbons (Fsp3) is 1.00. The second kappa shape index (κ2) is 2.03. The molecule has 1 N–H and O–H groups in total. The van der Waals surface area contributed by atoms with Gasteiger partial charge in [-0.2, -0.15) is 0 Å². The third kappa shape index (κ3) is 0.769. The van der Waals surface area contributed by atoms with E-state index in [1.807, 2.05) is 0 Å². The van der Waals surface area contributed by atoms with Gasteiger partial charge in [0.05, 0.1) is 5.60 Å². The standard InChI is InChI=1S/C10H15FO/c11-9-8-2-6-1-7(3-8)5-10(9,12)4-6/h6-9,12H,1-5H2. The van der Waals surface area contributed by atoms with Crippen molar-refractivity contribution in [1.82, 2.24) is 0 Å². The van der Waals surface area contributed by atoms with E-state index in [2.05, 4.69) is 0 Å². The molecule has 0 heterocycles. The van der Waals surface area contributed by atoms with Crippen LogP contribution < -0.4 is 0 Å². The maximum atomic E-state index is 13.6. The Morgan fingerprint density at radius 3 is 2.17 bits per heavy atom. The van der Waals surface area contributed by atoms with E-state index in [-0.39, 0.29) is 5.92 Å². The van der Waals surface area contributed by atoms with Gasteiger partial charge in [0.25, 0.3) is 0 Å². The van der Waals surface area contributed by atoms with E-state index in [1.54, 1.807) is 0 Å². The number of hydrogen-bond donors (Lipinski definition) is 1. The van der Waals surface area contributed by atoms with Crippen molar-refractivity contribution in [3.8, 4) is 0 Å². The van der Waals surface area contributed by atoms with Gasteiger partial charge in [-0.15, -0.1) is 0 Å². The Labute approximate surface area is 72.0 Å². The Morgan fingerprint density at radius 2 is 1.67 bits per heavy atom. The highest BCUT2D eigenvalue weighted by molar-refractivity contribution is 5.07. The van der Waals surface area contributed by atoms with Gasteiger partial charge in [-0.1, -0.05) is 0 Å². The smallest absolute Gasteiger partial charge is 0.131 e. The first kappa shape index (κ1) is 7.31. The van der Waals surface area contributed by atoms with Crippen molar-refractivity contribution in [2.45, 2.75) is 43.9 Å².